The number of rotatable bonds is 7. The van der Waals surface area contributed by atoms with Gasteiger partial charge in [0.1, 0.15) is 24.0 Å². The number of benzene rings is 2. The maximum Gasteiger partial charge on any atom is 0.224 e. The molecule has 0 atom stereocenters. The second-order valence-corrected chi connectivity index (χ2v) is 6.37. The van der Waals surface area contributed by atoms with Crippen LogP contribution in [0.15, 0.2) is 48.5 Å². The van der Waals surface area contributed by atoms with Gasteiger partial charge in [0.15, 0.2) is 0 Å². The van der Waals surface area contributed by atoms with E-state index in [2.05, 4.69) is 10.4 Å². The first-order chi connectivity index (χ1) is 13.4. The third kappa shape index (κ3) is 4.73. The molecule has 0 aliphatic rings. The zero-order valence-corrected chi connectivity index (χ0v) is 15.7. The van der Waals surface area contributed by atoms with Crippen LogP contribution >= 0.6 is 0 Å². The Kier molecular flexibility index (Phi) is 6.03. The van der Waals surface area contributed by atoms with Gasteiger partial charge in [0.2, 0.25) is 5.91 Å². The van der Waals surface area contributed by atoms with E-state index in [0.717, 1.165) is 22.6 Å². The topological polar surface area (TPSA) is 56.2 Å². The van der Waals surface area contributed by atoms with Crippen molar-refractivity contribution in [2.45, 2.75) is 20.3 Å². The molecule has 2 aromatic carbocycles. The highest BCUT2D eigenvalue weighted by molar-refractivity contribution is 5.79. The summed E-state index contributed by atoms with van der Waals surface area (Å²) in [5, 5.41) is 7.26. The van der Waals surface area contributed by atoms with Crippen molar-refractivity contribution in [1.29, 1.82) is 0 Å². The van der Waals surface area contributed by atoms with Crippen molar-refractivity contribution in [1.82, 2.24) is 15.1 Å². The van der Waals surface area contributed by atoms with Gasteiger partial charge >= 0.3 is 0 Å². The largest absolute Gasteiger partial charge is 0.492 e. The van der Waals surface area contributed by atoms with Gasteiger partial charge in [0, 0.05) is 11.3 Å². The maximum absolute atomic E-state index is 13.1. The van der Waals surface area contributed by atoms with E-state index < -0.39 is 0 Å². The fraction of sp³-hybridized carbons (Fsp3) is 0.238. The Bertz CT molecular complexity index is 951. The van der Waals surface area contributed by atoms with Gasteiger partial charge in [0.25, 0.3) is 0 Å². The highest BCUT2D eigenvalue weighted by Crippen LogP contribution is 2.19. The van der Waals surface area contributed by atoms with Crippen molar-refractivity contribution in [2.24, 2.45) is 0 Å². The number of carbonyl (C=O) groups excluding carboxylic acids is 1. The summed E-state index contributed by atoms with van der Waals surface area (Å²) in [6, 6.07) is 11.7. The van der Waals surface area contributed by atoms with E-state index >= 15 is 0 Å². The summed E-state index contributed by atoms with van der Waals surface area (Å²) in [6.45, 7) is 4.33. The van der Waals surface area contributed by atoms with E-state index in [-0.39, 0.29) is 30.6 Å². The number of nitrogens with zero attached hydrogens (tertiary/aromatic N) is 2. The molecule has 3 aromatic rings. The third-order valence-electron chi connectivity index (χ3n) is 4.36. The van der Waals surface area contributed by atoms with Crippen molar-refractivity contribution in [3.8, 4) is 11.4 Å². The Morgan fingerprint density at radius 2 is 1.64 bits per heavy atom. The molecule has 0 bridgehead atoms. The summed E-state index contributed by atoms with van der Waals surface area (Å²) in [7, 11) is 0. The van der Waals surface area contributed by atoms with Crippen LogP contribution in [0.3, 0.4) is 0 Å². The van der Waals surface area contributed by atoms with Crippen LogP contribution < -0.4 is 10.1 Å². The van der Waals surface area contributed by atoms with Crippen LogP contribution in [-0.4, -0.2) is 28.8 Å². The molecule has 146 valence electrons. The molecule has 0 aliphatic carbocycles. The SMILES string of the molecule is Cc1nn(-c2ccc(F)cc2)c(C)c1CC(=O)NCCOc1ccc(F)cc1. The van der Waals surface area contributed by atoms with Crippen LogP contribution in [-0.2, 0) is 11.2 Å². The van der Waals surface area contributed by atoms with Gasteiger partial charge in [-0.15, -0.1) is 0 Å². The Balaban J connectivity index is 1.55. The number of hydrogen-bond acceptors (Lipinski definition) is 3. The van der Waals surface area contributed by atoms with Crippen LogP contribution in [0.1, 0.15) is 17.0 Å². The van der Waals surface area contributed by atoms with Gasteiger partial charge < -0.3 is 10.1 Å². The van der Waals surface area contributed by atoms with Crippen molar-refractivity contribution in [3.05, 3.63) is 77.1 Å². The molecule has 3 rings (SSSR count). The molecule has 0 unspecified atom stereocenters. The summed E-state index contributed by atoms with van der Waals surface area (Å²) >= 11 is 0. The molecule has 1 N–H and O–H groups in total. The number of ether oxygens (including phenoxy) is 1. The lowest BCUT2D eigenvalue weighted by molar-refractivity contribution is -0.120. The monoisotopic (exact) mass is 385 g/mol. The first-order valence-corrected chi connectivity index (χ1v) is 8.90. The van der Waals surface area contributed by atoms with Gasteiger partial charge in [0.05, 0.1) is 24.3 Å². The zero-order valence-electron chi connectivity index (χ0n) is 15.7. The van der Waals surface area contributed by atoms with E-state index in [1.165, 1.54) is 36.4 Å². The molecule has 0 radical (unpaired) electrons. The predicted octanol–water partition coefficient (Wildman–Crippen LogP) is 3.51. The summed E-state index contributed by atoms with van der Waals surface area (Å²) in [6.07, 6.45) is 0.190. The number of nitrogens with one attached hydrogen (secondary N) is 1. The Hall–Kier alpha value is -3.22. The van der Waals surface area contributed by atoms with Gasteiger partial charge in [-0.2, -0.15) is 5.10 Å². The Morgan fingerprint density at radius 1 is 1.04 bits per heavy atom. The van der Waals surface area contributed by atoms with Gasteiger partial charge in [-0.05, 0) is 62.4 Å². The molecule has 0 saturated carbocycles. The number of aromatic nitrogens is 2. The molecule has 0 fully saturated rings. The van der Waals surface area contributed by atoms with Crippen LogP contribution in [0.2, 0.25) is 0 Å². The Labute approximate surface area is 161 Å². The molecule has 5 nitrogen and oxygen atoms in total. The molecule has 0 aliphatic heterocycles. The average molecular weight is 385 g/mol. The third-order valence-corrected chi connectivity index (χ3v) is 4.36. The molecule has 1 amide bonds. The van der Waals surface area contributed by atoms with Gasteiger partial charge in [-0.1, -0.05) is 0 Å². The number of aryl methyl sites for hydroxylation is 1. The molecule has 0 spiro atoms. The lowest BCUT2D eigenvalue weighted by Crippen LogP contribution is -2.29. The number of hydrogen-bond donors (Lipinski definition) is 1. The molecule has 1 heterocycles. The van der Waals surface area contributed by atoms with Crippen molar-refractivity contribution in [3.63, 3.8) is 0 Å². The van der Waals surface area contributed by atoms with E-state index in [4.69, 9.17) is 4.74 Å². The highest BCUT2D eigenvalue weighted by Gasteiger charge is 2.16. The van der Waals surface area contributed by atoms with Crippen molar-refractivity contribution < 1.29 is 18.3 Å². The summed E-state index contributed by atoms with van der Waals surface area (Å²) in [4.78, 5) is 12.3. The van der Waals surface area contributed by atoms with Gasteiger partial charge in [-0.3, -0.25) is 4.79 Å². The van der Waals surface area contributed by atoms with E-state index in [0.29, 0.717) is 12.3 Å². The summed E-state index contributed by atoms with van der Waals surface area (Å²) in [5.74, 6) is -0.240. The molecule has 28 heavy (non-hydrogen) atoms. The first kappa shape index (κ1) is 19.5. The quantitative estimate of drug-likeness (QED) is 0.634. The minimum Gasteiger partial charge on any atom is -0.492 e. The van der Waals surface area contributed by atoms with Crippen molar-refractivity contribution in [2.75, 3.05) is 13.2 Å². The van der Waals surface area contributed by atoms with E-state index in [1.54, 1.807) is 16.8 Å². The summed E-state index contributed by atoms with van der Waals surface area (Å²) < 4.78 is 33.1. The van der Waals surface area contributed by atoms with E-state index in [9.17, 15) is 13.6 Å². The number of carbonyl (C=O) groups is 1. The molecular weight excluding hydrogens is 364 g/mol. The zero-order chi connectivity index (χ0) is 20.1. The van der Waals surface area contributed by atoms with E-state index in [1.807, 2.05) is 13.8 Å². The second kappa shape index (κ2) is 8.65. The predicted molar refractivity (Wildman–Crippen MR) is 102 cm³/mol. The maximum atomic E-state index is 13.1. The minimum absolute atomic E-state index is 0.146. The normalized spacial score (nSPS) is 10.7. The van der Waals surface area contributed by atoms with Crippen LogP contribution in [0.25, 0.3) is 5.69 Å². The number of amides is 1. The number of halogens is 2. The van der Waals surface area contributed by atoms with Crippen molar-refractivity contribution >= 4 is 5.91 Å². The Morgan fingerprint density at radius 3 is 2.29 bits per heavy atom. The minimum atomic E-state index is -0.326. The first-order valence-electron chi connectivity index (χ1n) is 8.90. The lowest BCUT2D eigenvalue weighted by atomic mass is 10.1. The highest BCUT2D eigenvalue weighted by atomic mass is 19.1. The van der Waals surface area contributed by atoms with Crippen LogP contribution in [0.5, 0.6) is 5.75 Å². The molecule has 0 saturated heterocycles. The molecular formula is C21H21F2N3O2. The molecule has 7 heteroatoms. The fourth-order valence-electron chi connectivity index (χ4n) is 2.88. The lowest BCUT2D eigenvalue weighted by Gasteiger charge is -2.08. The smallest absolute Gasteiger partial charge is 0.224 e. The molecule has 1 aromatic heterocycles. The second-order valence-electron chi connectivity index (χ2n) is 6.37. The summed E-state index contributed by atoms with van der Waals surface area (Å²) in [5.41, 5.74) is 3.16. The van der Waals surface area contributed by atoms with Gasteiger partial charge in [-0.25, -0.2) is 13.5 Å². The van der Waals surface area contributed by atoms with Crippen LogP contribution in [0.4, 0.5) is 8.78 Å². The fourth-order valence-corrected chi connectivity index (χ4v) is 2.88. The standard InChI is InChI=1S/C21H21F2N3O2/c1-14-20(15(2)26(25-14)18-7-3-16(22)4-8-18)13-21(27)24-11-12-28-19-9-5-17(23)6-10-19/h3-10H,11-13H2,1-2H3,(H,24,27). The van der Waals surface area contributed by atoms with Crippen LogP contribution in [0, 0.1) is 25.5 Å². The average Bonchev–Trinajstić information content (AvgIpc) is 2.95.